The summed E-state index contributed by atoms with van der Waals surface area (Å²) in [7, 11) is 4.71. The summed E-state index contributed by atoms with van der Waals surface area (Å²) in [6.45, 7) is 5.09. The molecule has 8 nitrogen and oxygen atoms in total. The Balaban J connectivity index is 1.45. The molecule has 0 spiro atoms. The van der Waals surface area contributed by atoms with Crippen LogP contribution in [-0.2, 0) is 24.5 Å². The van der Waals surface area contributed by atoms with Crippen LogP contribution in [0.1, 0.15) is 22.5 Å². The van der Waals surface area contributed by atoms with Crippen LogP contribution < -0.4 is 18.9 Å². The Morgan fingerprint density at radius 2 is 1.51 bits per heavy atom. The maximum Gasteiger partial charge on any atom is 0.203 e. The smallest absolute Gasteiger partial charge is 0.203 e. The molecule has 8 heteroatoms. The van der Waals surface area contributed by atoms with Gasteiger partial charge in [-0.15, -0.1) is 0 Å². The number of aryl methyl sites for hydroxylation is 2. The lowest BCUT2D eigenvalue weighted by atomic mass is 10.1. The van der Waals surface area contributed by atoms with E-state index in [1.165, 1.54) is 0 Å². The van der Waals surface area contributed by atoms with Gasteiger partial charge >= 0.3 is 0 Å². The molecule has 0 saturated heterocycles. The Hall–Kier alpha value is -3.75. The zero-order chi connectivity index (χ0) is 26.4. The van der Waals surface area contributed by atoms with E-state index < -0.39 is 6.10 Å². The van der Waals surface area contributed by atoms with E-state index in [1.54, 1.807) is 21.3 Å². The van der Waals surface area contributed by atoms with Crippen molar-refractivity contribution in [2.75, 3.05) is 27.9 Å². The number of nitrogens with zero attached hydrogens (tertiary/aromatic N) is 2. The molecule has 4 rings (SSSR count). The molecule has 0 bridgehead atoms. The monoisotopic (exact) mass is 506 g/mol. The van der Waals surface area contributed by atoms with Crippen LogP contribution >= 0.6 is 0 Å². The summed E-state index contributed by atoms with van der Waals surface area (Å²) >= 11 is 0. The first-order valence-corrected chi connectivity index (χ1v) is 12.1. The van der Waals surface area contributed by atoms with Crippen molar-refractivity contribution in [2.24, 2.45) is 0 Å². The average Bonchev–Trinajstić information content (AvgIpc) is 3.24. The van der Waals surface area contributed by atoms with Gasteiger partial charge in [-0.3, -0.25) is 0 Å². The highest BCUT2D eigenvalue weighted by Gasteiger charge is 2.17. The summed E-state index contributed by atoms with van der Waals surface area (Å²) in [5, 5.41) is 10.9. The van der Waals surface area contributed by atoms with Gasteiger partial charge in [-0.05, 0) is 54.8 Å². The quantitative estimate of drug-likeness (QED) is 0.294. The second kappa shape index (κ2) is 12.0. The SMILES string of the molecule is COc1cc(COCC(O)Cn2c(COc3c(C)cccc3C)nc3ccccc32)cc(OC)c1OC. The normalized spacial score (nSPS) is 11.9. The summed E-state index contributed by atoms with van der Waals surface area (Å²) in [5.74, 6) is 3.23. The van der Waals surface area contributed by atoms with E-state index in [4.69, 9.17) is 28.7 Å². The van der Waals surface area contributed by atoms with Crippen molar-refractivity contribution in [3.63, 3.8) is 0 Å². The maximum absolute atomic E-state index is 10.9. The fourth-order valence-electron chi connectivity index (χ4n) is 4.40. The Bertz CT molecular complexity index is 1300. The number of hydrogen-bond donors (Lipinski definition) is 1. The fourth-order valence-corrected chi connectivity index (χ4v) is 4.40. The van der Waals surface area contributed by atoms with Crippen molar-refractivity contribution in [1.82, 2.24) is 9.55 Å². The third-order valence-corrected chi connectivity index (χ3v) is 6.18. The summed E-state index contributed by atoms with van der Waals surface area (Å²) in [6.07, 6.45) is -0.751. The van der Waals surface area contributed by atoms with E-state index in [0.717, 1.165) is 39.3 Å². The van der Waals surface area contributed by atoms with E-state index in [0.29, 0.717) is 30.4 Å². The van der Waals surface area contributed by atoms with Gasteiger partial charge in [0.2, 0.25) is 5.75 Å². The summed E-state index contributed by atoms with van der Waals surface area (Å²) in [6, 6.07) is 17.6. The largest absolute Gasteiger partial charge is 0.493 e. The topological polar surface area (TPSA) is 84.2 Å². The van der Waals surface area contributed by atoms with Crippen LogP contribution in [0.2, 0.25) is 0 Å². The number of imidazole rings is 1. The number of fused-ring (bicyclic) bond motifs is 1. The van der Waals surface area contributed by atoms with Crippen LogP contribution in [0.15, 0.2) is 54.6 Å². The number of benzene rings is 3. The standard InChI is InChI=1S/C29H34N2O6/c1-19-9-8-10-20(2)28(19)37-18-27-30-23-11-6-7-12-24(23)31(27)15-22(32)17-36-16-21-13-25(33-3)29(35-5)26(14-21)34-4/h6-14,22,32H,15-18H2,1-5H3. The zero-order valence-electron chi connectivity index (χ0n) is 22.0. The minimum absolute atomic E-state index is 0.139. The summed E-state index contributed by atoms with van der Waals surface area (Å²) in [4.78, 5) is 4.77. The van der Waals surface area contributed by atoms with Gasteiger partial charge in [0.25, 0.3) is 0 Å². The first-order chi connectivity index (χ1) is 17.9. The van der Waals surface area contributed by atoms with E-state index in [-0.39, 0.29) is 13.2 Å². The van der Waals surface area contributed by atoms with Gasteiger partial charge in [0.1, 0.15) is 18.2 Å². The number of aliphatic hydroxyl groups excluding tert-OH is 1. The lowest BCUT2D eigenvalue weighted by Crippen LogP contribution is -2.23. The molecule has 0 aliphatic carbocycles. The van der Waals surface area contributed by atoms with Crippen molar-refractivity contribution in [3.8, 4) is 23.0 Å². The number of para-hydroxylation sites is 3. The average molecular weight is 507 g/mol. The molecule has 0 saturated carbocycles. The third kappa shape index (κ3) is 5.98. The molecule has 0 fully saturated rings. The molecule has 0 radical (unpaired) electrons. The second-order valence-electron chi connectivity index (χ2n) is 8.84. The molecule has 0 amide bonds. The molecule has 37 heavy (non-hydrogen) atoms. The fraction of sp³-hybridized carbons (Fsp3) is 0.345. The number of hydrogen-bond acceptors (Lipinski definition) is 7. The van der Waals surface area contributed by atoms with Crippen molar-refractivity contribution in [3.05, 3.63) is 77.1 Å². The van der Waals surface area contributed by atoms with Crippen molar-refractivity contribution in [2.45, 2.75) is 39.7 Å². The van der Waals surface area contributed by atoms with E-state index in [9.17, 15) is 5.11 Å². The molecule has 1 aromatic heterocycles. The Morgan fingerprint density at radius 3 is 2.16 bits per heavy atom. The van der Waals surface area contributed by atoms with E-state index in [2.05, 4.69) is 0 Å². The van der Waals surface area contributed by atoms with Gasteiger partial charge in [-0.2, -0.15) is 0 Å². The van der Waals surface area contributed by atoms with Crippen molar-refractivity contribution in [1.29, 1.82) is 0 Å². The number of aromatic nitrogens is 2. The maximum atomic E-state index is 10.9. The van der Waals surface area contributed by atoms with E-state index >= 15 is 0 Å². The highest BCUT2D eigenvalue weighted by molar-refractivity contribution is 5.75. The first kappa shape index (κ1) is 26.3. The number of ether oxygens (including phenoxy) is 5. The van der Waals surface area contributed by atoms with Crippen LogP contribution in [0, 0.1) is 13.8 Å². The van der Waals surface area contributed by atoms with Crippen LogP contribution in [-0.4, -0.2) is 48.7 Å². The van der Waals surface area contributed by atoms with Crippen molar-refractivity contribution >= 4 is 11.0 Å². The van der Waals surface area contributed by atoms with Crippen LogP contribution in [0.5, 0.6) is 23.0 Å². The Morgan fingerprint density at radius 1 is 0.838 bits per heavy atom. The lowest BCUT2D eigenvalue weighted by molar-refractivity contribution is 0.0201. The predicted molar refractivity (Wildman–Crippen MR) is 142 cm³/mol. The van der Waals surface area contributed by atoms with Gasteiger partial charge in [0.05, 0.1) is 58.2 Å². The highest BCUT2D eigenvalue weighted by atomic mass is 16.5. The molecule has 0 aliphatic rings. The van der Waals surface area contributed by atoms with Gasteiger partial charge in [0.15, 0.2) is 11.5 Å². The van der Waals surface area contributed by atoms with Crippen LogP contribution in [0.25, 0.3) is 11.0 Å². The predicted octanol–water partition coefficient (Wildman–Crippen LogP) is 4.84. The summed E-state index contributed by atoms with van der Waals surface area (Å²) in [5.41, 5.74) is 4.78. The molecule has 1 unspecified atom stereocenters. The molecule has 4 aromatic rings. The number of aliphatic hydroxyl groups is 1. The van der Waals surface area contributed by atoms with Crippen LogP contribution in [0.4, 0.5) is 0 Å². The minimum Gasteiger partial charge on any atom is -0.493 e. The molecule has 1 N–H and O–H groups in total. The molecule has 1 heterocycles. The lowest BCUT2D eigenvalue weighted by Gasteiger charge is -2.17. The van der Waals surface area contributed by atoms with Gasteiger partial charge in [-0.25, -0.2) is 4.98 Å². The first-order valence-electron chi connectivity index (χ1n) is 12.1. The number of methoxy groups -OCH3 is 3. The van der Waals surface area contributed by atoms with Gasteiger partial charge in [0, 0.05) is 0 Å². The Kier molecular flexibility index (Phi) is 8.53. The molecular formula is C29H34N2O6. The third-order valence-electron chi connectivity index (χ3n) is 6.18. The minimum atomic E-state index is -0.751. The van der Waals surface area contributed by atoms with Crippen LogP contribution in [0.3, 0.4) is 0 Å². The zero-order valence-corrected chi connectivity index (χ0v) is 22.0. The summed E-state index contributed by atoms with van der Waals surface area (Å²) < 4.78 is 30.2. The molecular weight excluding hydrogens is 472 g/mol. The van der Waals surface area contributed by atoms with Gasteiger partial charge < -0.3 is 33.4 Å². The van der Waals surface area contributed by atoms with E-state index in [1.807, 2.05) is 73.0 Å². The molecule has 0 aliphatic heterocycles. The molecule has 3 aromatic carbocycles. The highest BCUT2D eigenvalue weighted by Crippen LogP contribution is 2.38. The number of rotatable bonds is 12. The van der Waals surface area contributed by atoms with Gasteiger partial charge in [-0.1, -0.05) is 30.3 Å². The Labute approximate surface area is 217 Å². The second-order valence-corrected chi connectivity index (χ2v) is 8.84. The molecule has 196 valence electrons. The van der Waals surface area contributed by atoms with Crippen molar-refractivity contribution < 1.29 is 28.8 Å². The molecule has 1 atom stereocenters.